The van der Waals surface area contributed by atoms with Crippen molar-refractivity contribution in [1.82, 2.24) is 15.5 Å². The van der Waals surface area contributed by atoms with E-state index in [1.807, 2.05) is 41.7 Å². The minimum absolute atomic E-state index is 0. The average Bonchev–Trinajstić information content (AvgIpc) is 3.16. The molecule has 0 saturated carbocycles. The third-order valence-electron chi connectivity index (χ3n) is 4.81. The summed E-state index contributed by atoms with van der Waals surface area (Å²) in [7, 11) is 0. The molecule has 0 bridgehead atoms. The van der Waals surface area contributed by atoms with Crippen molar-refractivity contribution in [3.8, 4) is 0 Å². The summed E-state index contributed by atoms with van der Waals surface area (Å²) in [4.78, 5) is 8.65. The number of nitrogens with one attached hydrogen (secondary N) is 2. The van der Waals surface area contributed by atoms with Crippen LogP contribution in [0.3, 0.4) is 0 Å². The number of rotatable bonds is 8. The lowest BCUT2D eigenvalue weighted by atomic mass is 10.1. The van der Waals surface area contributed by atoms with Crippen LogP contribution in [0, 0.1) is 0 Å². The number of nitrogens with zero attached hydrogens (tertiary/aromatic N) is 2. The molecular weight excluding hydrogens is 483 g/mol. The van der Waals surface area contributed by atoms with Gasteiger partial charge in [0.1, 0.15) is 0 Å². The van der Waals surface area contributed by atoms with Gasteiger partial charge >= 0.3 is 0 Å². The number of hydrogen-bond acceptors (Lipinski definition) is 4. The maximum Gasteiger partial charge on any atom is 0.191 e. The third kappa shape index (κ3) is 7.02. The van der Waals surface area contributed by atoms with Crippen LogP contribution in [-0.2, 0) is 13.0 Å². The molecule has 0 saturated heterocycles. The van der Waals surface area contributed by atoms with Crippen LogP contribution in [0.15, 0.2) is 46.8 Å². The fraction of sp³-hybridized carbons (Fsp3) is 0.476. The van der Waals surface area contributed by atoms with E-state index in [4.69, 9.17) is 0 Å². The van der Waals surface area contributed by atoms with Crippen LogP contribution >= 0.6 is 35.3 Å². The van der Waals surface area contributed by atoms with Crippen LogP contribution in [0.4, 0.5) is 0 Å². The van der Waals surface area contributed by atoms with Crippen LogP contribution in [0.25, 0.3) is 0 Å². The number of fused-ring (bicyclic) bond motifs is 1. The predicted octanol–water partition coefficient (Wildman–Crippen LogP) is 3.40. The van der Waals surface area contributed by atoms with Gasteiger partial charge in [0.15, 0.2) is 5.96 Å². The Bertz CT molecular complexity index is 722. The van der Waals surface area contributed by atoms with E-state index in [9.17, 15) is 5.11 Å². The van der Waals surface area contributed by atoms with Crippen LogP contribution < -0.4 is 10.6 Å². The van der Waals surface area contributed by atoms with Gasteiger partial charge in [-0.3, -0.25) is 9.89 Å². The molecule has 154 valence electrons. The highest BCUT2D eigenvalue weighted by atomic mass is 127. The van der Waals surface area contributed by atoms with Crippen molar-refractivity contribution in [2.24, 2.45) is 4.99 Å². The van der Waals surface area contributed by atoms with Crippen molar-refractivity contribution in [2.45, 2.75) is 32.4 Å². The molecule has 0 spiro atoms. The molecule has 2 aromatic rings. The summed E-state index contributed by atoms with van der Waals surface area (Å²) in [6, 6.07) is 12.0. The van der Waals surface area contributed by atoms with E-state index in [0.717, 1.165) is 44.2 Å². The molecule has 1 aliphatic heterocycles. The lowest BCUT2D eigenvalue weighted by Gasteiger charge is -2.27. The summed E-state index contributed by atoms with van der Waals surface area (Å²) in [5, 5.41) is 19.2. The van der Waals surface area contributed by atoms with E-state index in [1.165, 1.54) is 12.0 Å². The number of hydrogen-bond donors (Lipinski definition) is 3. The lowest BCUT2D eigenvalue weighted by molar-refractivity contribution is 0.170. The Morgan fingerprint density at radius 3 is 2.86 bits per heavy atom. The van der Waals surface area contributed by atoms with Gasteiger partial charge in [0.25, 0.3) is 0 Å². The topological polar surface area (TPSA) is 59.9 Å². The highest BCUT2D eigenvalue weighted by Gasteiger charge is 2.16. The number of thiophene rings is 1. The Morgan fingerprint density at radius 2 is 2.07 bits per heavy atom. The minimum atomic E-state index is -0.467. The average molecular weight is 514 g/mol. The molecular formula is C21H31IN4OS. The normalized spacial score (nSPS) is 15.4. The first-order chi connectivity index (χ1) is 13.3. The van der Waals surface area contributed by atoms with Crippen LogP contribution in [0.5, 0.6) is 0 Å². The summed E-state index contributed by atoms with van der Waals surface area (Å²) < 4.78 is 0. The fourth-order valence-corrected chi connectivity index (χ4v) is 4.20. The zero-order chi connectivity index (χ0) is 18.9. The smallest absolute Gasteiger partial charge is 0.191 e. The largest absolute Gasteiger partial charge is 0.388 e. The summed E-state index contributed by atoms with van der Waals surface area (Å²) in [6.45, 7) is 7.55. The van der Waals surface area contributed by atoms with Gasteiger partial charge in [-0.2, -0.15) is 0 Å². The summed E-state index contributed by atoms with van der Waals surface area (Å²) in [5.74, 6) is 0.825. The zero-order valence-electron chi connectivity index (χ0n) is 16.4. The molecule has 3 N–H and O–H groups in total. The number of halogens is 1. The van der Waals surface area contributed by atoms with E-state index in [-0.39, 0.29) is 24.0 Å². The van der Waals surface area contributed by atoms with Crippen molar-refractivity contribution >= 4 is 41.3 Å². The van der Waals surface area contributed by atoms with E-state index < -0.39 is 6.10 Å². The molecule has 3 rings (SSSR count). The molecule has 1 aliphatic rings. The maximum absolute atomic E-state index is 10.3. The van der Waals surface area contributed by atoms with Crippen molar-refractivity contribution in [3.63, 3.8) is 0 Å². The zero-order valence-corrected chi connectivity index (χ0v) is 19.6. The summed E-state index contributed by atoms with van der Waals surface area (Å²) in [6.07, 6.45) is 1.32. The van der Waals surface area contributed by atoms with E-state index in [0.29, 0.717) is 13.0 Å². The van der Waals surface area contributed by atoms with Crippen LogP contribution in [0.2, 0.25) is 0 Å². The van der Waals surface area contributed by atoms with Crippen molar-refractivity contribution < 1.29 is 5.11 Å². The number of aliphatic imine (C=N–C) groups is 1. The molecule has 2 heterocycles. The molecule has 1 unspecified atom stereocenters. The summed E-state index contributed by atoms with van der Waals surface area (Å²) >= 11 is 1.88. The van der Waals surface area contributed by atoms with Gasteiger partial charge in [0.2, 0.25) is 0 Å². The van der Waals surface area contributed by atoms with Crippen LogP contribution in [-0.4, -0.2) is 48.7 Å². The van der Waals surface area contributed by atoms with Gasteiger partial charge in [-0.05, 0) is 42.3 Å². The van der Waals surface area contributed by atoms with Crippen molar-refractivity contribution in [2.75, 3.05) is 32.7 Å². The number of benzene rings is 1. The number of aliphatic hydroxyl groups excluding tert-OH is 1. The first-order valence-corrected chi connectivity index (χ1v) is 10.7. The van der Waals surface area contributed by atoms with E-state index in [2.05, 4.69) is 38.9 Å². The molecule has 0 aliphatic carbocycles. The van der Waals surface area contributed by atoms with Crippen molar-refractivity contribution in [3.05, 3.63) is 57.8 Å². The molecule has 0 fully saturated rings. The molecule has 5 nitrogen and oxygen atoms in total. The van der Waals surface area contributed by atoms with Crippen LogP contribution in [0.1, 0.15) is 35.5 Å². The van der Waals surface area contributed by atoms with Gasteiger partial charge in [0.05, 0.1) is 6.10 Å². The Hall–Kier alpha value is -1.16. The molecule has 1 atom stereocenters. The molecule has 1 aromatic heterocycles. The standard InChI is InChI=1S/C21H30N4OS.HI/c1-2-22-21(23-11-8-19(26)17-6-4-3-5-7-17)24-12-14-25-13-9-20-18(16-25)10-15-27-20;/h3-7,10,15,19,26H,2,8-9,11-14,16H2,1H3,(H2,22,23,24);1H. The van der Waals surface area contributed by atoms with Gasteiger partial charge < -0.3 is 15.7 Å². The second-order valence-electron chi connectivity index (χ2n) is 6.80. The highest BCUT2D eigenvalue weighted by Crippen LogP contribution is 2.23. The quantitative estimate of drug-likeness (QED) is 0.287. The second kappa shape index (κ2) is 12.4. The fourth-order valence-electron chi connectivity index (χ4n) is 3.31. The predicted molar refractivity (Wildman–Crippen MR) is 129 cm³/mol. The minimum Gasteiger partial charge on any atom is -0.388 e. The Kier molecular flexibility index (Phi) is 10.3. The Morgan fingerprint density at radius 1 is 1.25 bits per heavy atom. The summed E-state index contributed by atoms with van der Waals surface area (Å²) in [5.41, 5.74) is 2.44. The van der Waals surface area contributed by atoms with Crippen molar-refractivity contribution in [1.29, 1.82) is 0 Å². The lowest BCUT2D eigenvalue weighted by Crippen LogP contribution is -2.42. The maximum atomic E-state index is 10.3. The van der Waals surface area contributed by atoms with Gasteiger partial charge in [0, 0.05) is 44.1 Å². The number of aliphatic hydroxyl groups is 1. The monoisotopic (exact) mass is 514 g/mol. The number of guanidine groups is 1. The first kappa shape index (κ1) is 23.1. The second-order valence-corrected chi connectivity index (χ2v) is 7.80. The van der Waals surface area contributed by atoms with E-state index in [1.54, 1.807) is 4.88 Å². The molecule has 28 heavy (non-hydrogen) atoms. The first-order valence-electron chi connectivity index (χ1n) is 9.79. The van der Waals surface area contributed by atoms with Gasteiger partial charge in [-0.1, -0.05) is 30.3 Å². The van der Waals surface area contributed by atoms with Gasteiger partial charge in [-0.25, -0.2) is 0 Å². The Balaban J connectivity index is 0.00000280. The molecule has 0 amide bonds. The third-order valence-corrected chi connectivity index (χ3v) is 5.83. The SMILES string of the molecule is CCNC(=NCCC(O)c1ccccc1)NCCN1CCc2sccc2C1.I. The molecule has 7 heteroatoms. The highest BCUT2D eigenvalue weighted by molar-refractivity contribution is 14.0. The van der Waals surface area contributed by atoms with E-state index >= 15 is 0 Å². The Labute approximate surface area is 189 Å². The molecule has 1 aromatic carbocycles. The van der Waals surface area contributed by atoms with Gasteiger partial charge in [-0.15, -0.1) is 35.3 Å². The molecule has 0 radical (unpaired) electrons.